The van der Waals surface area contributed by atoms with Crippen molar-refractivity contribution >= 4 is 50.7 Å². The van der Waals surface area contributed by atoms with E-state index in [-0.39, 0.29) is 5.91 Å². The Kier molecular flexibility index (Phi) is 4.70. The maximum absolute atomic E-state index is 12.0. The van der Waals surface area contributed by atoms with Crippen molar-refractivity contribution in [2.24, 2.45) is 10.2 Å². The average molecular weight is 374 g/mol. The molecule has 1 heterocycles. The van der Waals surface area contributed by atoms with E-state index in [1.807, 2.05) is 54.6 Å². The number of nitrogens with zero attached hydrogens (tertiary/aromatic N) is 3. The fraction of sp³-hybridized carbons (Fsp3) is 0.0625. The van der Waals surface area contributed by atoms with Gasteiger partial charge >= 0.3 is 0 Å². The van der Waals surface area contributed by atoms with Crippen LogP contribution in [0.4, 0.5) is 5.69 Å². The first-order valence-corrected chi connectivity index (χ1v) is 8.39. The zero-order valence-corrected chi connectivity index (χ0v) is 13.9. The molecule has 0 aromatic heterocycles. The highest BCUT2D eigenvalue weighted by Crippen LogP contribution is 2.26. The largest absolute Gasteiger partial charge is 0.273 e. The molecule has 2 aromatic rings. The Morgan fingerprint density at radius 1 is 1.09 bits per heavy atom. The van der Waals surface area contributed by atoms with Gasteiger partial charge in [0.15, 0.2) is 5.17 Å². The Morgan fingerprint density at radius 3 is 2.55 bits per heavy atom. The fourth-order valence-corrected chi connectivity index (χ4v) is 3.05. The van der Waals surface area contributed by atoms with Gasteiger partial charge in [0.05, 0.1) is 17.7 Å². The predicted octanol–water partition coefficient (Wildman–Crippen LogP) is 3.92. The molecule has 1 amide bonds. The normalized spacial score (nSPS) is 16.9. The highest BCUT2D eigenvalue weighted by Gasteiger charge is 2.29. The summed E-state index contributed by atoms with van der Waals surface area (Å²) in [7, 11) is 0. The molecule has 1 aliphatic heterocycles. The van der Waals surface area contributed by atoms with Crippen molar-refractivity contribution in [2.45, 2.75) is 0 Å². The number of hydrogen-bond donors (Lipinski definition) is 0. The third-order valence-corrected chi connectivity index (χ3v) is 4.44. The molecule has 0 spiro atoms. The standard InChI is InChI=1S/C16H12BrN3OS/c17-13-8-6-12(7-9-13)10-18-19-16-20(15(21)11-22-16)14-4-2-1-3-5-14/h1-10H,11H2/b18-10-,19-16+. The molecule has 22 heavy (non-hydrogen) atoms. The van der Waals surface area contributed by atoms with Crippen molar-refractivity contribution in [1.82, 2.24) is 0 Å². The molecule has 3 rings (SSSR count). The van der Waals surface area contributed by atoms with E-state index in [1.54, 1.807) is 11.1 Å². The van der Waals surface area contributed by atoms with Crippen LogP contribution in [0.2, 0.25) is 0 Å². The van der Waals surface area contributed by atoms with Gasteiger partial charge in [-0.2, -0.15) is 5.10 Å². The minimum atomic E-state index is 0.0220. The van der Waals surface area contributed by atoms with Gasteiger partial charge in [-0.1, -0.05) is 58.0 Å². The van der Waals surface area contributed by atoms with Gasteiger partial charge in [-0.25, -0.2) is 0 Å². The van der Waals surface area contributed by atoms with Crippen LogP contribution < -0.4 is 4.90 Å². The van der Waals surface area contributed by atoms with Crippen LogP contribution in [0.1, 0.15) is 5.56 Å². The second-order valence-electron chi connectivity index (χ2n) is 4.53. The second kappa shape index (κ2) is 6.89. The summed E-state index contributed by atoms with van der Waals surface area (Å²) in [6, 6.07) is 17.3. The van der Waals surface area contributed by atoms with Gasteiger partial charge in [0.25, 0.3) is 0 Å². The van der Waals surface area contributed by atoms with Crippen LogP contribution in [0.3, 0.4) is 0 Å². The SMILES string of the molecule is O=C1CS/C(=N/N=C\c2ccc(Br)cc2)N1c1ccccc1. The Balaban J connectivity index is 1.80. The summed E-state index contributed by atoms with van der Waals surface area (Å²) in [5, 5.41) is 8.89. The summed E-state index contributed by atoms with van der Waals surface area (Å²) < 4.78 is 1.02. The van der Waals surface area contributed by atoms with Crippen LogP contribution in [-0.4, -0.2) is 23.0 Å². The molecule has 1 fully saturated rings. The van der Waals surface area contributed by atoms with Crippen molar-refractivity contribution in [3.63, 3.8) is 0 Å². The van der Waals surface area contributed by atoms with E-state index in [1.165, 1.54) is 11.8 Å². The van der Waals surface area contributed by atoms with Crippen LogP contribution in [0, 0.1) is 0 Å². The molecule has 6 heteroatoms. The summed E-state index contributed by atoms with van der Waals surface area (Å²) >= 11 is 4.78. The van der Waals surface area contributed by atoms with Gasteiger partial charge < -0.3 is 0 Å². The molecule has 0 bridgehead atoms. The predicted molar refractivity (Wildman–Crippen MR) is 95.6 cm³/mol. The molecule has 2 aromatic carbocycles. The van der Waals surface area contributed by atoms with E-state index in [9.17, 15) is 4.79 Å². The van der Waals surface area contributed by atoms with Gasteiger partial charge in [0.2, 0.25) is 5.91 Å². The number of carbonyl (C=O) groups excluding carboxylic acids is 1. The molecule has 0 radical (unpaired) electrons. The Morgan fingerprint density at radius 2 is 1.82 bits per heavy atom. The van der Waals surface area contributed by atoms with Gasteiger partial charge in [0.1, 0.15) is 0 Å². The molecular formula is C16H12BrN3OS. The maximum atomic E-state index is 12.0. The number of para-hydroxylation sites is 1. The summed E-state index contributed by atoms with van der Waals surface area (Å²) in [4.78, 5) is 13.6. The molecule has 0 aliphatic carbocycles. The van der Waals surface area contributed by atoms with Crippen LogP contribution >= 0.6 is 27.7 Å². The summed E-state index contributed by atoms with van der Waals surface area (Å²) in [6.45, 7) is 0. The minimum Gasteiger partial charge on any atom is -0.273 e. The van der Waals surface area contributed by atoms with E-state index >= 15 is 0 Å². The molecule has 110 valence electrons. The average Bonchev–Trinajstić information content (AvgIpc) is 2.91. The molecule has 4 nitrogen and oxygen atoms in total. The molecule has 0 N–H and O–H groups in total. The number of anilines is 1. The minimum absolute atomic E-state index is 0.0220. The Hall–Kier alpha value is -1.92. The van der Waals surface area contributed by atoms with Gasteiger partial charge in [-0.15, -0.1) is 5.10 Å². The molecular weight excluding hydrogens is 362 g/mol. The van der Waals surface area contributed by atoms with Gasteiger partial charge in [-0.3, -0.25) is 9.69 Å². The Bertz CT molecular complexity index is 729. The summed E-state index contributed by atoms with van der Waals surface area (Å²) in [6.07, 6.45) is 1.67. The third kappa shape index (κ3) is 3.45. The highest BCUT2D eigenvalue weighted by molar-refractivity contribution is 9.10. The van der Waals surface area contributed by atoms with Crippen LogP contribution in [0.5, 0.6) is 0 Å². The lowest BCUT2D eigenvalue weighted by molar-refractivity contribution is -0.115. The first-order valence-electron chi connectivity index (χ1n) is 6.61. The van der Waals surface area contributed by atoms with E-state index in [0.717, 1.165) is 15.7 Å². The zero-order chi connectivity index (χ0) is 15.4. The second-order valence-corrected chi connectivity index (χ2v) is 6.39. The molecule has 1 aliphatic rings. The number of amidine groups is 1. The topological polar surface area (TPSA) is 45.0 Å². The lowest BCUT2D eigenvalue weighted by Crippen LogP contribution is -2.28. The number of amides is 1. The smallest absolute Gasteiger partial charge is 0.243 e. The van der Waals surface area contributed by atoms with Crippen molar-refractivity contribution < 1.29 is 4.79 Å². The van der Waals surface area contributed by atoms with Crippen molar-refractivity contribution in [1.29, 1.82) is 0 Å². The van der Waals surface area contributed by atoms with Crippen LogP contribution in [0.15, 0.2) is 69.3 Å². The number of rotatable bonds is 3. The van der Waals surface area contributed by atoms with Gasteiger partial charge in [0, 0.05) is 4.47 Å². The number of thioether (sulfide) groups is 1. The fourth-order valence-electron chi connectivity index (χ4n) is 1.96. The van der Waals surface area contributed by atoms with E-state index in [4.69, 9.17) is 0 Å². The van der Waals surface area contributed by atoms with E-state index in [2.05, 4.69) is 26.1 Å². The number of benzene rings is 2. The van der Waals surface area contributed by atoms with Crippen molar-refractivity contribution in [2.75, 3.05) is 10.7 Å². The van der Waals surface area contributed by atoms with Crippen molar-refractivity contribution in [3.05, 3.63) is 64.6 Å². The van der Waals surface area contributed by atoms with Crippen LogP contribution in [0.25, 0.3) is 0 Å². The highest BCUT2D eigenvalue weighted by atomic mass is 79.9. The lowest BCUT2D eigenvalue weighted by atomic mass is 10.2. The van der Waals surface area contributed by atoms with E-state index < -0.39 is 0 Å². The number of hydrogen-bond acceptors (Lipinski definition) is 4. The van der Waals surface area contributed by atoms with Crippen molar-refractivity contribution in [3.8, 4) is 0 Å². The first-order chi connectivity index (χ1) is 10.7. The maximum Gasteiger partial charge on any atom is 0.243 e. The third-order valence-electron chi connectivity index (χ3n) is 3.00. The first kappa shape index (κ1) is 15.0. The summed E-state index contributed by atoms with van der Waals surface area (Å²) in [5.74, 6) is 0.412. The zero-order valence-electron chi connectivity index (χ0n) is 11.5. The number of carbonyl (C=O) groups is 1. The molecule has 0 saturated carbocycles. The Labute approximate surface area is 141 Å². The van der Waals surface area contributed by atoms with E-state index in [0.29, 0.717) is 10.9 Å². The lowest BCUT2D eigenvalue weighted by Gasteiger charge is -2.14. The van der Waals surface area contributed by atoms with Gasteiger partial charge in [-0.05, 0) is 29.8 Å². The quantitative estimate of drug-likeness (QED) is 0.604. The molecule has 1 saturated heterocycles. The monoisotopic (exact) mass is 373 g/mol. The summed E-state index contributed by atoms with van der Waals surface area (Å²) in [5.41, 5.74) is 1.77. The molecule has 0 atom stereocenters. The molecule has 0 unspecified atom stereocenters. The van der Waals surface area contributed by atoms with Crippen LogP contribution in [-0.2, 0) is 4.79 Å². The number of halogens is 1.